The van der Waals surface area contributed by atoms with E-state index in [2.05, 4.69) is 125 Å². The van der Waals surface area contributed by atoms with Crippen LogP contribution in [0.4, 0.5) is 0 Å². The Bertz CT molecular complexity index is 2060. The largest absolute Gasteiger partial charge is 0.497 e. The third-order valence-corrected chi connectivity index (χ3v) is 23.9. The number of methoxy groups -OCH3 is 3. The van der Waals surface area contributed by atoms with Crippen molar-refractivity contribution >= 4 is 52.2 Å². The van der Waals surface area contributed by atoms with Crippen molar-refractivity contribution in [2.45, 2.75) is 96.2 Å². The standard InChI is InChI=1S/C48H63NO6SSi.C4H8S2/c1-35(36(2)56(50,51)49(32-37-20-25-42(52-7)26-21-37)33-38-22-27-43(53-8)28-23-38)40-30-41(31-40)48(6,54-9)46-29-24-39(46)34-55-57(47(3,4)5,44-16-12-10-13-17-44)45-18-14-11-15-19-45;1-2-5-4-6-3-1/h10-23,25-28,30,35-36,39-40,46H,24,29,31-34H2,1-9H3;1-4H2/t35-,36-,39+,40+,46-,48+;/m1./s1. The van der Waals surface area contributed by atoms with Crippen LogP contribution < -0.4 is 19.8 Å². The minimum atomic E-state index is -3.71. The van der Waals surface area contributed by atoms with Crippen LogP contribution in [0.2, 0.25) is 5.04 Å². The molecule has 0 aromatic heterocycles. The van der Waals surface area contributed by atoms with Crippen LogP contribution in [0.5, 0.6) is 11.5 Å². The fourth-order valence-corrected chi connectivity index (χ4v) is 18.4. The second kappa shape index (κ2) is 22.0. The molecule has 4 aromatic carbocycles. The van der Waals surface area contributed by atoms with Crippen molar-refractivity contribution in [2.75, 3.05) is 44.5 Å². The molecule has 2 aliphatic carbocycles. The Kier molecular flexibility index (Phi) is 17.2. The Morgan fingerprint density at radius 1 is 0.730 bits per heavy atom. The maximum Gasteiger partial charge on any atom is 0.261 e. The minimum absolute atomic E-state index is 0.0880. The highest BCUT2D eigenvalue weighted by Gasteiger charge is 2.54. The van der Waals surface area contributed by atoms with E-state index in [1.54, 1.807) is 18.5 Å². The first-order valence-electron chi connectivity index (χ1n) is 22.6. The van der Waals surface area contributed by atoms with Crippen molar-refractivity contribution in [1.82, 2.24) is 4.31 Å². The zero-order valence-electron chi connectivity index (χ0n) is 39.0. The quantitative estimate of drug-likeness (QED) is 0.0722. The van der Waals surface area contributed by atoms with Gasteiger partial charge in [-0.15, -0.1) is 0 Å². The van der Waals surface area contributed by atoms with Crippen molar-refractivity contribution in [2.24, 2.45) is 23.7 Å². The Balaban J connectivity index is 0.00000101. The number of ether oxygens (including phenoxy) is 3. The Labute approximate surface area is 389 Å². The van der Waals surface area contributed by atoms with Gasteiger partial charge in [0.15, 0.2) is 0 Å². The van der Waals surface area contributed by atoms with Crippen LogP contribution >= 0.6 is 23.5 Å². The molecule has 0 unspecified atom stereocenters. The average Bonchev–Trinajstić information content (AvgIpc) is 3.27. The van der Waals surface area contributed by atoms with E-state index in [4.69, 9.17) is 18.6 Å². The molecule has 7 nitrogen and oxygen atoms in total. The second-order valence-corrected chi connectivity index (χ2v) is 27.8. The number of thioether (sulfide) groups is 2. The molecule has 1 saturated carbocycles. The summed E-state index contributed by atoms with van der Waals surface area (Å²) in [6.07, 6.45) is 6.74. The zero-order valence-corrected chi connectivity index (χ0v) is 42.5. The van der Waals surface area contributed by atoms with Gasteiger partial charge in [0, 0.05) is 31.9 Å². The van der Waals surface area contributed by atoms with Gasteiger partial charge in [-0.25, -0.2) is 8.42 Å². The summed E-state index contributed by atoms with van der Waals surface area (Å²) in [6, 6.07) is 36.9. The number of hydrogen-bond acceptors (Lipinski definition) is 8. The van der Waals surface area contributed by atoms with Crippen LogP contribution in [0.1, 0.15) is 78.4 Å². The van der Waals surface area contributed by atoms with Crippen LogP contribution in [-0.4, -0.2) is 76.4 Å². The van der Waals surface area contributed by atoms with E-state index in [9.17, 15) is 8.42 Å². The van der Waals surface area contributed by atoms with Gasteiger partial charge in [-0.2, -0.15) is 27.8 Å². The van der Waals surface area contributed by atoms with Gasteiger partial charge in [-0.1, -0.05) is 119 Å². The van der Waals surface area contributed by atoms with Gasteiger partial charge in [-0.05, 0) is 131 Å². The molecule has 0 radical (unpaired) electrons. The minimum Gasteiger partial charge on any atom is -0.497 e. The Hall–Kier alpha value is -3.03. The molecule has 0 bridgehead atoms. The molecule has 7 rings (SSSR count). The van der Waals surface area contributed by atoms with Crippen molar-refractivity contribution in [1.29, 1.82) is 0 Å². The molecule has 1 aliphatic heterocycles. The highest BCUT2D eigenvalue weighted by atomic mass is 32.2. The number of hydrogen-bond donors (Lipinski definition) is 0. The monoisotopic (exact) mass is 929 g/mol. The molecule has 1 saturated heterocycles. The molecule has 342 valence electrons. The molecular formula is C52H71NO6S3Si. The van der Waals surface area contributed by atoms with Gasteiger partial charge in [0.1, 0.15) is 11.5 Å². The summed E-state index contributed by atoms with van der Waals surface area (Å²) in [5.41, 5.74) is 2.65. The molecule has 11 heteroatoms. The number of allylic oxidation sites excluding steroid dienone is 1. The Morgan fingerprint density at radius 2 is 1.22 bits per heavy atom. The summed E-state index contributed by atoms with van der Waals surface area (Å²) in [6.45, 7) is 14.4. The van der Waals surface area contributed by atoms with Crippen LogP contribution in [0.3, 0.4) is 0 Å². The first-order chi connectivity index (χ1) is 30.2. The SMILES string of the molecule is C1CSCSC1.COc1ccc(CN(Cc2ccc(OC)cc2)S(=O)(=O)[C@H](C)[C@@H](C)[C@H]2C=C([C@](C)(OC)[C@@H]3CC[C@H]3CO[Si](c3ccccc3)(c3ccccc3)C(C)(C)C)C2)cc1. The normalized spacial score (nSPS) is 21.0. The van der Waals surface area contributed by atoms with E-state index in [1.165, 1.54) is 39.0 Å². The number of benzene rings is 4. The molecule has 1 heterocycles. The first-order valence-corrected chi connectivity index (χ1v) is 28.3. The third kappa shape index (κ3) is 11.3. The van der Waals surface area contributed by atoms with Gasteiger partial charge in [0.2, 0.25) is 10.0 Å². The number of sulfonamides is 1. The lowest BCUT2D eigenvalue weighted by atomic mass is 9.59. The molecule has 3 aliphatic rings. The van der Waals surface area contributed by atoms with E-state index >= 15 is 0 Å². The molecule has 0 spiro atoms. The van der Waals surface area contributed by atoms with Crippen molar-refractivity contribution in [3.63, 3.8) is 0 Å². The molecule has 4 aromatic rings. The van der Waals surface area contributed by atoms with Gasteiger partial charge in [0.05, 0.1) is 25.1 Å². The maximum atomic E-state index is 14.6. The molecular weight excluding hydrogens is 859 g/mol. The second-order valence-electron chi connectivity index (χ2n) is 18.7. The predicted octanol–water partition coefficient (Wildman–Crippen LogP) is 10.8. The molecule has 2 fully saturated rings. The summed E-state index contributed by atoms with van der Waals surface area (Å²) in [5, 5.41) is 3.24. The van der Waals surface area contributed by atoms with Crippen LogP contribution in [-0.2, 0) is 32.3 Å². The Morgan fingerprint density at radius 3 is 1.59 bits per heavy atom. The van der Waals surface area contributed by atoms with E-state index in [0.717, 1.165) is 41.9 Å². The lowest BCUT2D eigenvalue weighted by molar-refractivity contribution is -0.0882. The summed E-state index contributed by atoms with van der Waals surface area (Å²) in [5.74, 6) is 4.98. The van der Waals surface area contributed by atoms with Crippen LogP contribution in [0, 0.1) is 23.7 Å². The van der Waals surface area contributed by atoms with E-state index in [0.29, 0.717) is 18.4 Å². The van der Waals surface area contributed by atoms with Crippen molar-refractivity contribution in [3.8, 4) is 11.5 Å². The fourth-order valence-electron chi connectivity index (χ4n) is 9.59. The maximum absolute atomic E-state index is 14.6. The summed E-state index contributed by atoms with van der Waals surface area (Å²) < 4.78 is 55.3. The molecule has 63 heavy (non-hydrogen) atoms. The fraction of sp³-hybridized carbons (Fsp3) is 0.500. The predicted molar refractivity (Wildman–Crippen MR) is 269 cm³/mol. The smallest absolute Gasteiger partial charge is 0.261 e. The van der Waals surface area contributed by atoms with E-state index in [-0.39, 0.29) is 30.0 Å². The number of rotatable bonds is 18. The van der Waals surface area contributed by atoms with Crippen LogP contribution in [0.25, 0.3) is 0 Å². The highest BCUT2D eigenvalue weighted by Crippen LogP contribution is 2.52. The van der Waals surface area contributed by atoms with Crippen molar-refractivity contribution < 1.29 is 27.1 Å². The summed E-state index contributed by atoms with van der Waals surface area (Å²) in [4.78, 5) is 0. The molecule has 6 atom stereocenters. The summed E-state index contributed by atoms with van der Waals surface area (Å²) in [7, 11) is -1.28. The molecule has 0 amide bonds. The van der Waals surface area contributed by atoms with Gasteiger partial charge < -0.3 is 18.6 Å². The number of nitrogens with zero attached hydrogens (tertiary/aromatic N) is 1. The van der Waals surface area contributed by atoms with Gasteiger partial charge in [-0.3, -0.25) is 0 Å². The highest BCUT2D eigenvalue weighted by molar-refractivity contribution is 8.16. The van der Waals surface area contributed by atoms with Gasteiger partial charge in [0.25, 0.3) is 8.32 Å². The van der Waals surface area contributed by atoms with Crippen LogP contribution in [0.15, 0.2) is 121 Å². The lowest BCUT2D eigenvalue weighted by Crippen LogP contribution is -2.67. The molecule has 0 N–H and O–H groups in total. The third-order valence-electron chi connectivity index (χ3n) is 14.0. The topological polar surface area (TPSA) is 74.3 Å². The lowest BCUT2D eigenvalue weighted by Gasteiger charge is -2.53. The van der Waals surface area contributed by atoms with Gasteiger partial charge >= 0.3 is 0 Å². The van der Waals surface area contributed by atoms with Crippen molar-refractivity contribution in [3.05, 3.63) is 132 Å². The average molecular weight is 930 g/mol. The van der Waals surface area contributed by atoms with E-state index < -0.39 is 29.2 Å². The van der Waals surface area contributed by atoms with E-state index in [1.807, 2.05) is 62.6 Å². The summed E-state index contributed by atoms with van der Waals surface area (Å²) >= 11 is 4.12. The zero-order chi connectivity index (χ0) is 45.3. The first kappa shape index (κ1) is 49.4.